The quantitative estimate of drug-likeness (QED) is 0.566. The molecule has 3 rings (SSSR count). The van der Waals surface area contributed by atoms with Crippen LogP contribution in [0.1, 0.15) is 31.9 Å². The van der Waals surface area contributed by atoms with Gasteiger partial charge in [-0.05, 0) is 36.3 Å². The second kappa shape index (κ2) is 8.55. The first-order valence-electron chi connectivity index (χ1n) is 9.38. The van der Waals surface area contributed by atoms with E-state index in [1.807, 2.05) is 55.5 Å². The number of thiazole rings is 1. The molecule has 0 fully saturated rings. The van der Waals surface area contributed by atoms with Gasteiger partial charge < -0.3 is 0 Å². The maximum absolute atomic E-state index is 13.4. The van der Waals surface area contributed by atoms with Gasteiger partial charge in [0.1, 0.15) is 16.3 Å². The Hall–Kier alpha value is -2.75. The lowest BCUT2D eigenvalue weighted by Gasteiger charge is -2.15. The molecule has 0 amide bonds. The summed E-state index contributed by atoms with van der Waals surface area (Å²) in [6, 6.07) is 17.1. The highest BCUT2D eigenvalue weighted by Gasteiger charge is 2.27. The van der Waals surface area contributed by atoms with Crippen molar-refractivity contribution < 1.29 is 4.79 Å². The normalized spacial score (nSPS) is 13.1. The van der Waals surface area contributed by atoms with Crippen molar-refractivity contribution in [2.45, 2.75) is 27.7 Å². The van der Waals surface area contributed by atoms with Crippen molar-refractivity contribution in [3.05, 3.63) is 83.7 Å². The maximum atomic E-state index is 13.4. The summed E-state index contributed by atoms with van der Waals surface area (Å²) < 4.78 is 3.16. The number of halogens is 1. The van der Waals surface area contributed by atoms with Crippen LogP contribution >= 0.6 is 27.3 Å². The van der Waals surface area contributed by atoms with E-state index in [1.54, 1.807) is 26.8 Å². The highest BCUT2D eigenvalue weighted by Crippen LogP contribution is 2.20. The van der Waals surface area contributed by atoms with Crippen LogP contribution in [0.3, 0.4) is 0 Å². The second-order valence-electron chi connectivity index (χ2n) is 7.93. The minimum Gasteiger partial charge on any atom is -0.293 e. The molecule has 4 nitrogen and oxygen atoms in total. The SMILES string of the molecule is Cc1ccccc1-n1c(=O)/c(=C\c2ccccc2Br)s/c1=C(\C#N)C(=O)C(C)(C)C. The molecule has 0 unspecified atom stereocenters. The number of aryl methyl sites for hydroxylation is 1. The highest BCUT2D eigenvalue weighted by atomic mass is 79.9. The Kier molecular flexibility index (Phi) is 6.25. The fraction of sp³-hybridized carbons (Fsp3) is 0.208. The second-order valence-corrected chi connectivity index (χ2v) is 9.82. The smallest absolute Gasteiger partial charge is 0.273 e. The van der Waals surface area contributed by atoms with Gasteiger partial charge in [-0.15, -0.1) is 11.3 Å². The van der Waals surface area contributed by atoms with Gasteiger partial charge in [-0.1, -0.05) is 73.1 Å². The fourth-order valence-corrected chi connectivity index (χ4v) is 4.47. The molecule has 1 heterocycles. The van der Waals surface area contributed by atoms with Crippen LogP contribution in [0.2, 0.25) is 0 Å². The van der Waals surface area contributed by atoms with E-state index in [1.165, 1.54) is 4.57 Å². The third-order valence-corrected chi connectivity index (χ3v) is 6.42. The summed E-state index contributed by atoms with van der Waals surface area (Å²) in [7, 11) is 0. The van der Waals surface area contributed by atoms with E-state index in [0.29, 0.717) is 14.9 Å². The average molecular weight is 481 g/mol. The number of carbonyl (C=O) groups excluding carboxylic acids is 1. The number of carbonyl (C=O) groups is 1. The topological polar surface area (TPSA) is 62.9 Å². The molecule has 2 aromatic carbocycles. The first-order valence-corrected chi connectivity index (χ1v) is 11.0. The molecule has 0 bridgehead atoms. The summed E-state index contributed by atoms with van der Waals surface area (Å²) in [5.74, 6) is -0.291. The van der Waals surface area contributed by atoms with Crippen LogP contribution < -0.4 is 14.8 Å². The molecule has 0 N–H and O–H groups in total. The van der Waals surface area contributed by atoms with E-state index in [9.17, 15) is 14.9 Å². The van der Waals surface area contributed by atoms with Crippen LogP contribution in [0.4, 0.5) is 0 Å². The highest BCUT2D eigenvalue weighted by molar-refractivity contribution is 9.10. The van der Waals surface area contributed by atoms with Crippen LogP contribution in [-0.4, -0.2) is 10.4 Å². The number of nitriles is 1. The summed E-state index contributed by atoms with van der Waals surface area (Å²) >= 11 is 4.67. The molecular formula is C24H21BrN2O2S. The van der Waals surface area contributed by atoms with Crippen LogP contribution in [0, 0.1) is 23.7 Å². The molecule has 3 aromatic rings. The van der Waals surface area contributed by atoms with E-state index in [-0.39, 0.29) is 16.9 Å². The van der Waals surface area contributed by atoms with Crippen LogP contribution in [0.25, 0.3) is 17.3 Å². The molecule has 6 heteroatoms. The number of ketones is 1. The molecule has 152 valence electrons. The Bertz CT molecular complexity index is 1350. The van der Waals surface area contributed by atoms with Crippen molar-refractivity contribution in [1.82, 2.24) is 4.57 Å². The van der Waals surface area contributed by atoms with Crippen LogP contribution in [-0.2, 0) is 4.79 Å². The molecule has 0 spiro atoms. The minimum absolute atomic E-state index is 0.000342. The molecule has 0 saturated heterocycles. The van der Waals surface area contributed by atoms with Gasteiger partial charge in [-0.3, -0.25) is 14.2 Å². The summed E-state index contributed by atoms with van der Waals surface area (Å²) in [6.45, 7) is 7.21. The number of hydrogen-bond acceptors (Lipinski definition) is 4. The summed E-state index contributed by atoms with van der Waals surface area (Å²) in [6.07, 6.45) is 1.78. The lowest BCUT2D eigenvalue weighted by molar-refractivity contribution is -0.120. The Morgan fingerprint density at radius 2 is 1.77 bits per heavy atom. The molecule has 0 aliphatic rings. The fourth-order valence-electron chi connectivity index (χ4n) is 2.99. The van der Waals surface area contributed by atoms with Crippen molar-refractivity contribution in [1.29, 1.82) is 5.26 Å². The molecule has 0 aliphatic carbocycles. The minimum atomic E-state index is -0.742. The predicted octanol–water partition coefficient (Wildman–Crippen LogP) is 4.09. The van der Waals surface area contributed by atoms with Gasteiger partial charge in [0.15, 0.2) is 5.78 Å². The summed E-state index contributed by atoms with van der Waals surface area (Å²) in [5.41, 5.74) is 1.39. The Morgan fingerprint density at radius 1 is 1.13 bits per heavy atom. The Labute approximate surface area is 187 Å². The number of aromatic nitrogens is 1. The summed E-state index contributed by atoms with van der Waals surface area (Å²) in [4.78, 5) is 26.5. The molecule has 30 heavy (non-hydrogen) atoms. The van der Waals surface area contributed by atoms with Crippen molar-refractivity contribution >= 4 is 44.7 Å². The third kappa shape index (κ3) is 4.23. The molecular weight excluding hydrogens is 460 g/mol. The molecule has 0 aliphatic heterocycles. The lowest BCUT2D eigenvalue weighted by Crippen LogP contribution is -2.33. The zero-order chi connectivity index (χ0) is 22.1. The number of benzene rings is 2. The number of nitrogens with zero attached hydrogens (tertiary/aromatic N) is 2. The first-order chi connectivity index (χ1) is 14.1. The van der Waals surface area contributed by atoms with Gasteiger partial charge in [-0.25, -0.2) is 0 Å². The number of para-hydroxylation sites is 1. The zero-order valence-electron chi connectivity index (χ0n) is 17.2. The monoisotopic (exact) mass is 480 g/mol. The van der Waals surface area contributed by atoms with Crippen molar-refractivity contribution in [3.8, 4) is 11.8 Å². The number of hydrogen-bond donors (Lipinski definition) is 0. The Balaban J connectivity index is 2.50. The first kappa shape index (κ1) is 21.9. The third-order valence-electron chi connectivity index (χ3n) is 4.61. The summed E-state index contributed by atoms with van der Waals surface area (Å²) in [5, 5.41) is 9.85. The lowest BCUT2D eigenvalue weighted by atomic mass is 9.87. The predicted molar refractivity (Wildman–Crippen MR) is 125 cm³/mol. The molecule has 0 saturated carbocycles. The van der Waals surface area contributed by atoms with Gasteiger partial charge >= 0.3 is 0 Å². The van der Waals surface area contributed by atoms with Gasteiger partial charge in [-0.2, -0.15) is 5.26 Å². The zero-order valence-corrected chi connectivity index (χ0v) is 19.6. The largest absolute Gasteiger partial charge is 0.293 e. The molecule has 0 radical (unpaired) electrons. The van der Waals surface area contributed by atoms with Crippen LogP contribution in [0.5, 0.6) is 0 Å². The van der Waals surface area contributed by atoms with Gasteiger partial charge in [0.05, 0.1) is 10.2 Å². The van der Waals surface area contributed by atoms with E-state index in [0.717, 1.165) is 26.9 Å². The van der Waals surface area contributed by atoms with E-state index >= 15 is 0 Å². The average Bonchev–Trinajstić information content (AvgIpc) is 3.00. The number of Topliss-reactive ketones (excluding diaryl/α,β-unsaturated/α-hetero) is 1. The van der Waals surface area contributed by atoms with Gasteiger partial charge in [0.25, 0.3) is 5.56 Å². The van der Waals surface area contributed by atoms with Crippen LogP contribution in [0.15, 0.2) is 57.8 Å². The molecule has 0 atom stereocenters. The molecule has 1 aromatic heterocycles. The van der Waals surface area contributed by atoms with Gasteiger partial charge in [0, 0.05) is 9.89 Å². The van der Waals surface area contributed by atoms with Crippen molar-refractivity contribution in [2.24, 2.45) is 5.41 Å². The van der Waals surface area contributed by atoms with E-state index in [2.05, 4.69) is 22.0 Å². The van der Waals surface area contributed by atoms with E-state index in [4.69, 9.17) is 0 Å². The Morgan fingerprint density at radius 3 is 2.37 bits per heavy atom. The standard InChI is InChI=1S/C24H21BrN2O2S/c1-15-9-5-8-12-19(15)27-22(29)20(13-16-10-6-7-11-18(16)25)30-23(27)17(14-26)21(28)24(2,3)4/h5-13H,1-4H3/b20-13+,23-17+. The number of rotatable bonds is 3. The maximum Gasteiger partial charge on any atom is 0.273 e. The van der Waals surface area contributed by atoms with E-state index < -0.39 is 5.41 Å². The van der Waals surface area contributed by atoms with Crippen molar-refractivity contribution in [3.63, 3.8) is 0 Å². The van der Waals surface area contributed by atoms with Crippen molar-refractivity contribution in [2.75, 3.05) is 0 Å². The van der Waals surface area contributed by atoms with Gasteiger partial charge in [0.2, 0.25) is 0 Å².